The van der Waals surface area contributed by atoms with Gasteiger partial charge >= 0.3 is 0 Å². The van der Waals surface area contributed by atoms with Crippen molar-refractivity contribution in [2.75, 3.05) is 6.54 Å². The fraction of sp³-hybridized carbons (Fsp3) is 0.316. The Kier molecular flexibility index (Phi) is 5.90. The number of carbonyl (C=O) groups excluding carboxylic acids is 1. The third-order valence-corrected chi connectivity index (χ3v) is 5.75. The van der Waals surface area contributed by atoms with Crippen LogP contribution in [0.25, 0.3) is 0 Å². The van der Waals surface area contributed by atoms with Gasteiger partial charge in [-0.3, -0.25) is 14.9 Å². The van der Waals surface area contributed by atoms with E-state index >= 15 is 0 Å². The molecule has 136 valence electrons. The van der Waals surface area contributed by atoms with Crippen molar-refractivity contribution < 1.29 is 9.72 Å². The maximum absolute atomic E-state index is 12.9. The van der Waals surface area contributed by atoms with Gasteiger partial charge in [-0.15, -0.1) is 0 Å². The monoisotopic (exact) mass is 371 g/mol. The summed E-state index contributed by atoms with van der Waals surface area (Å²) in [5, 5.41) is 14.2. The lowest BCUT2D eigenvalue weighted by atomic mass is 10.0. The number of non-ortho nitro benzene ring substituents is 1. The third-order valence-electron chi connectivity index (χ3n) is 4.67. The average molecular weight is 371 g/mol. The molecular weight excluding hydrogens is 350 g/mol. The summed E-state index contributed by atoms with van der Waals surface area (Å²) in [6.45, 7) is 0.533. The van der Waals surface area contributed by atoms with Gasteiger partial charge in [0, 0.05) is 28.0 Å². The number of nitro benzene ring substituents is 1. The molecule has 1 amide bonds. The minimum Gasteiger partial charge on any atom is -0.349 e. The summed E-state index contributed by atoms with van der Waals surface area (Å²) in [6, 6.07) is 14.1. The predicted molar refractivity (Wildman–Crippen MR) is 101 cm³/mol. The van der Waals surface area contributed by atoms with Crippen LogP contribution in [0.5, 0.6) is 0 Å². The lowest BCUT2D eigenvalue weighted by Gasteiger charge is -2.20. The van der Waals surface area contributed by atoms with Crippen molar-refractivity contribution in [3.05, 3.63) is 64.2 Å². The summed E-state index contributed by atoms with van der Waals surface area (Å²) in [6.07, 6.45) is 2.93. The van der Waals surface area contributed by atoms with Crippen LogP contribution in [0.2, 0.25) is 0 Å². The molecule has 2 unspecified atom stereocenters. The van der Waals surface area contributed by atoms with E-state index in [4.69, 9.17) is 5.73 Å². The molecule has 2 atom stereocenters. The summed E-state index contributed by atoms with van der Waals surface area (Å²) in [4.78, 5) is 25.2. The second-order valence-corrected chi connectivity index (χ2v) is 7.47. The van der Waals surface area contributed by atoms with Gasteiger partial charge < -0.3 is 11.1 Å². The van der Waals surface area contributed by atoms with Crippen LogP contribution in [-0.4, -0.2) is 23.4 Å². The highest BCUT2D eigenvalue weighted by Crippen LogP contribution is 2.33. The van der Waals surface area contributed by atoms with Crippen LogP contribution >= 0.6 is 11.8 Å². The zero-order valence-electron chi connectivity index (χ0n) is 14.3. The van der Waals surface area contributed by atoms with Crippen LogP contribution in [0.1, 0.15) is 29.6 Å². The van der Waals surface area contributed by atoms with Gasteiger partial charge in [-0.1, -0.05) is 36.4 Å². The van der Waals surface area contributed by atoms with E-state index in [0.29, 0.717) is 17.0 Å². The molecule has 1 saturated carbocycles. The molecule has 2 aromatic rings. The van der Waals surface area contributed by atoms with Crippen molar-refractivity contribution in [2.45, 2.75) is 35.1 Å². The highest BCUT2D eigenvalue weighted by atomic mass is 32.2. The maximum Gasteiger partial charge on any atom is 0.270 e. The molecule has 0 spiro atoms. The lowest BCUT2D eigenvalue weighted by molar-refractivity contribution is -0.384. The maximum atomic E-state index is 12.9. The molecule has 1 aliphatic carbocycles. The molecule has 0 radical (unpaired) electrons. The fourth-order valence-electron chi connectivity index (χ4n) is 3.27. The predicted octanol–water partition coefficient (Wildman–Crippen LogP) is 3.60. The summed E-state index contributed by atoms with van der Waals surface area (Å²) >= 11 is 1.42. The Morgan fingerprint density at radius 3 is 2.69 bits per heavy atom. The van der Waals surface area contributed by atoms with Gasteiger partial charge in [0.25, 0.3) is 11.6 Å². The van der Waals surface area contributed by atoms with Crippen molar-refractivity contribution in [2.24, 2.45) is 11.7 Å². The first kappa shape index (κ1) is 18.4. The summed E-state index contributed by atoms with van der Waals surface area (Å²) in [5.74, 6) is -0.0136. The van der Waals surface area contributed by atoms with E-state index in [-0.39, 0.29) is 23.6 Å². The van der Waals surface area contributed by atoms with E-state index in [9.17, 15) is 14.9 Å². The molecule has 6 nitrogen and oxygen atoms in total. The van der Waals surface area contributed by atoms with E-state index in [1.165, 1.54) is 23.9 Å². The van der Waals surface area contributed by atoms with Crippen LogP contribution in [0.15, 0.2) is 58.3 Å². The minimum atomic E-state index is -0.480. The number of benzene rings is 2. The first-order chi connectivity index (χ1) is 12.6. The first-order valence-electron chi connectivity index (χ1n) is 8.60. The molecule has 0 heterocycles. The molecule has 1 fully saturated rings. The molecule has 1 aliphatic rings. The van der Waals surface area contributed by atoms with Crippen molar-refractivity contribution in [1.82, 2.24) is 5.32 Å². The summed E-state index contributed by atoms with van der Waals surface area (Å²) < 4.78 is 0. The van der Waals surface area contributed by atoms with Crippen LogP contribution < -0.4 is 11.1 Å². The molecule has 0 aromatic heterocycles. The highest BCUT2D eigenvalue weighted by molar-refractivity contribution is 7.99. The van der Waals surface area contributed by atoms with E-state index < -0.39 is 4.92 Å². The molecule has 3 rings (SSSR count). The van der Waals surface area contributed by atoms with E-state index in [0.717, 1.165) is 24.2 Å². The minimum absolute atomic E-state index is 0.0290. The van der Waals surface area contributed by atoms with Crippen LogP contribution in [0, 0.1) is 16.0 Å². The average Bonchev–Trinajstić information content (AvgIpc) is 3.09. The molecule has 3 N–H and O–H groups in total. The van der Waals surface area contributed by atoms with Gasteiger partial charge in [0.15, 0.2) is 0 Å². The fourth-order valence-corrected chi connectivity index (χ4v) is 4.21. The molecule has 2 aromatic carbocycles. The lowest BCUT2D eigenvalue weighted by Crippen LogP contribution is -2.40. The van der Waals surface area contributed by atoms with Gasteiger partial charge in [0.1, 0.15) is 0 Å². The van der Waals surface area contributed by atoms with Gasteiger partial charge in [0.05, 0.1) is 10.5 Å². The zero-order valence-corrected chi connectivity index (χ0v) is 15.1. The van der Waals surface area contributed by atoms with E-state index in [1.54, 1.807) is 6.07 Å². The third kappa shape index (κ3) is 4.23. The molecule has 0 bridgehead atoms. The standard InChI is InChI=1S/C19H21N3O3S/c20-12-13-5-4-8-17(13)21-19(23)16-11-14(22(24)25)9-10-18(16)26-15-6-2-1-3-7-15/h1-3,6-7,9-11,13,17H,4-5,8,12,20H2,(H,21,23). The number of nitrogens with zero attached hydrogens (tertiary/aromatic N) is 1. The second-order valence-electron chi connectivity index (χ2n) is 6.36. The number of rotatable bonds is 6. The number of nitrogens with one attached hydrogen (secondary N) is 1. The zero-order chi connectivity index (χ0) is 18.5. The van der Waals surface area contributed by atoms with Crippen LogP contribution in [0.4, 0.5) is 5.69 Å². The molecule has 26 heavy (non-hydrogen) atoms. The van der Waals surface area contributed by atoms with Crippen molar-refractivity contribution in [3.63, 3.8) is 0 Å². The normalized spacial score (nSPS) is 19.3. The molecule has 0 aliphatic heterocycles. The van der Waals surface area contributed by atoms with Crippen molar-refractivity contribution in [3.8, 4) is 0 Å². The topological polar surface area (TPSA) is 98.3 Å². The Labute approximate surface area is 156 Å². The van der Waals surface area contributed by atoms with Gasteiger partial charge in [0.2, 0.25) is 0 Å². The van der Waals surface area contributed by atoms with Gasteiger partial charge in [-0.05, 0) is 43.5 Å². The second kappa shape index (κ2) is 8.33. The molecular formula is C19H21N3O3S. The Hall–Kier alpha value is -2.38. The highest BCUT2D eigenvalue weighted by Gasteiger charge is 2.28. The SMILES string of the molecule is NCC1CCCC1NC(=O)c1cc([N+](=O)[O-])ccc1Sc1ccccc1. The van der Waals surface area contributed by atoms with Gasteiger partial charge in [-0.25, -0.2) is 0 Å². The van der Waals surface area contributed by atoms with Crippen molar-refractivity contribution >= 4 is 23.4 Å². The summed E-state index contributed by atoms with van der Waals surface area (Å²) in [5.41, 5.74) is 6.03. The Bertz CT molecular complexity index is 798. The van der Waals surface area contributed by atoms with Gasteiger partial charge in [-0.2, -0.15) is 0 Å². The number of amides is 1. The van der Waals surface area contributed by atoms with E-state index in [1.807, 2.05) is 30.3 Å². The smallest absolute Gasteiger partial charge is 0.270 e. The Balaban J connectivity index is 1.88. The number of nitrogens with two attached hydrogens (primary N) is 1. The number of hydrogen-bond donors (Lipinski definition) is 2. The van der Waals surface area contributed by atoms with Crippen LogP contribution in [-0.2, 0) is 0 Å². The van der Waals surface area contributed by atoms with E-state index in [2.05, 4.69) is 5.32 Å². The quantitative estimate of drug-likeness (QED) is 0.597. The Morgan fingerprint density at radius 1 is 1.23 bits per heavy atom. The number of hydrogen-bond acceptors (Lipinski definition) is 5. The molecule has 7 heteroatoms. The van der Waals surface area contributed by atoms with Crippen LogP contribution in [0.3, 0.4) is 0 Å². The van der Waals surface area contributed by atoms with Crippen molar-refractivity contribution in [1.29, 1.82) is 0 Å². The number of nitro groups is 1. The summed E-state index contributed by atoms with van der Waals surface area (Å²) in [7, 11) is 0. The molecule has 0 saturated heterocycles. The largest absolute Gasteiger partial charge is 0.349 e. The first-order valence-corrected chi connectivity index (χ1v) is 9.42. The Morgan fingerprint density at radius 2 is 2.00 bits per heavy atom. The number of carbonyl (C=O) groups is 1.